The molecule has 0 bridgehead atoms. The number of benzene rings is 1. The highest BCUT2D eigenvalue weighted by Crippen LogP contribution is 2.68. The molecule has 0 aliphatic heterocycles. The Labute approximate surface area is 199 Å². The van der Waals surface area contributed by atoms with E-state index in [4.69, 9.17) is 0 Å². The lowest BCUT2D eigenvalue weighted by Crippen LogP contribution is -2.52. The van der Waals surface area contributed by atoms with E-state index in [1.807, 2.05) is 13.0 Å². The molecule has 0 heterocycles. The molecule has 4 aliphatic carbocycles. The number of carbonyl (C=O) groups is 1. The highest BCUT2D eigenvalue weighted by Gasteiger charge is 2.63. The van der Waals surface area contributed by atoms with Crippen molar-refractivity contribution in [3.8, 4) is 0 Å². The molecule has 2 fully saturated rings. The van der Waals surface area contributed by atoms with Crippen LogP contribution in [-0.4, -0.2) is 30.6 Å². The van der Waals surface area contributed by atoms with Crippen molar-refractivity contribution >= 4 is 11.5 Å². The maximum absolute atomic E-state index is 12.2. The van der Waals surface area contributed by atoms with Crippen LogP contribution >= 0.6 is 0 Å². The zero-order valence-corrected chi connectivity index (χ0v) is 20.7. The molecular formula is C30H39NO2. The maximum atomic E-state index is 12.2. The van der Waals surface area contributed by atoms with Crippen LogP contribution in [0.25, 0.3) is 0 Å². The second kappa shape index (κ2) is 8.27. The van der Waals surface area contributed by atoms with Gasteiger partial charge in [0.1, 0.15) is 0 Å². The van der Waals surface area contributed by atoms with Crippen LogP contribution < -0.4 is 4.90 Å². The van der Waals surface area contributed by atoms with E-state index in [1.54, 1.807) is 5.57 Å². The molecule has 33 heavy (non-hydrogen) atoms. The van der Waals surface area contributed by atoms with Crippen molar-refractivity contribution in [2.24, 2.45) is 17.3 Å². The average molecular weight is 446 g/mol. The Hall–Kier alpha value is -2.13. The number of ketones is 1. The molecule has 0 amide bonds. The minimum atomic E-state index is -0.724. The summed E-state index contributed by atoms with van der Waals surface area (Å²) in [5, 5.41) is 12.0. The van der Waals surface area contributed by atoms with Crippen LogP contribution in [0.3, 0.4) is 0 Å². The quantitative estimate of drug-likeness (QED) is 0.549. The fourth-order valence-electron chi connectivity index (χ4n) is 8.04. The molecule has 2 saturated carbocycles. The molecule has 5 rings (SSSR count). The Bertz CT molecular complexity index is 1030. The van der Waals surface area contributed by atoms with Gasteiger partial charge in [-0.1, -0.05) is 36.8 Å². The lowest BCUT2D eigenvalue weighted by Gasteiger charge is -2.55. The summed E-state index contributed by atoms with van der Waals surface area (Å²) in [6, 6.07) is 9.09. The number of hydrogen-bond donors (Lipinski definition) is 1. The zero-order valence-electron chi connectivity index (χ0n) is 20.7. The Morgan fingerprint density at radius 3 is 2.55 bits per heavy atom. The Morgan fingerprint density at radius 2 is 1.88 bits per heavy atom. The van der Waals surface area contributed by atoms with Gasteiger partial charge in [-0.3, -0.25) is 4.79 Å². The van der Waals surface area contributed by atoms with Gasteiger partial charge in [-0.25, -0.2) is 0 Å². The smallest absolute Gasteiger partial charge is 0.156 e. The van der Waals surface area contributed by atoms with Crippen LogP contribution in [-0.2, 0) is 4.79 Å². The number of aliphatic hydroxyl groups is 1. The van der Waals surface area contributed by atoms with Crippen molar-refractivity contribution in [1.82, 2.24) is 0 Å². The molecule has 4 aliphatic rings. The Balaban J connectivity index is 1.69. The summed E-state index contributed by atoms with van der Waals surface area (Å²) in [5.74, 6) is 1.63. The zero-order chi connectivity index (χ0) is 23.4. The van der Waals surface area contributed by atoms with Gasteiger partial charge in [0.05, 0.1) is 5.60 Å². The van der Waals surface area contributed by atoms with E-state index in [0.717, 1.165) is 44.9 Å². The van der Waals surface area contributed by atoms with Crippen molar-refractivity contribution in [1.29, 1.82) is 0 Å². The molecule has 0 spiro atoms. The molecule has 3 nitrogen and oxygen atoms in total. The van der Waals surface area contributed by atoms with E-state index in [2.05, 4.69) is 62.3 Å². The largest absolute Gasteiger partial charge is 0.385 e. The number of carbonyl (C=O) groups excluding carboxylic acids is 1. The normalized spacial score (nSPS) is 35.8. The number of nitrogens with zero attached hydrogens (tertiary/aromatic N) is 1. The van der Waals surface area contributed by atoms with Crippen LogP contribution in [0.5, 0.6) is 0 Å². The number of rotatable bonds is 4. The van der Waals surface area contributed by atoms with E-state index in [9.17, 15) is 9.90 Å². The third-order valence-corrected chi connectivity index (χ3v) is 9.54. The first-order valence-electron chi connectivity index (χ1n) is 12.9. The molecule has 0 aromatic heterocycles. The molecule has 5 atom stereocenters. The lowest BCUT2D eigenvalue weighted by atomic mass is 9.49. The fourth-order valence-corrected chi connectivity index (χ4v) is 8.04. The van der Waals surface area contributed by atoms with Crippen LogP contribution in [0.15, 0.2) is 59.2 Å². The van der Waals surface area contributed by atoms with E-state index < -0.39 is 5.60 Å². The third-order valence-electron chi connectivity index (χ3n) is 9.54. The summed E-state index contributed by atoms with van der Waals surface area (Å²) in [7, 11) is 4.17. The third kappa shape index (κ3) is 3.38. The summed E-state index contributed by atoms with van der Waals surface area (Å²) in [4.78, 5) is 14.4. The molecule has 1 aromatic rings. The van der Waals surface area contributed by atoms with Gasteiger partial charge in [-0.05, 0) is 98.6 Å². The molecule has 0 radical (unpaired) electrons. The minimum Gasteiger partial charge on any atom is -0.385 e. The fraction of sp³-hybridized carbons (Fsp3) is 0.567. The summed E-state index contributed by atoms with van der Waals surface area (Å²) >= 11 is 0. The Kier molecular flexibility index (Phi) is 5.68. The van der Waals surface area contributed by atoms with Crippen molar-refractivity contribution in [2.45, 2.75) is 76.7 Å². The van der Waals surface area contributed by atoms with Gasteiger partial charge in [-0.15, -0.1) is 0 Å². The molecule has 1 N–H and O–H groups in total. The number of fused-ring (bicyclic) bond motifs is 4. The summed E-state index contributed by atoms with van der Waals surface area (Å²) < 4.78 is 0. The van der Waals surface area contributed by atoms with Crippen molar-refractivity contribution in [2.75, 3.05) is 19.0 Å². The first-order chi connectivity index (χ1) is 15.8. The molecule has 176 valence electrons. The monoisotopic (exact) mass is 445 g/mol. The van der Waals surface area contributed by atoms with Gasteiger partial charge < -0.3 is 10.0 Å². The predicted molar refractivity (Wildman–Crippen MR) is 135 cm³/mol. The van der Waals surface area contributed by atoms with Gasteiger partial charge in [-0.2, -0.15) is 0 Å². The molecule has 0 saturated heterocycles. The van der Waals surface area contributed by atoms with Crippen molar-refractivity contribution < 1.29 is 9.90 Å². The maximum Gasteiger partial charge on any atom is 0.156 e. The number of hydrogen-bond acceptors (Lipinski definition) is 3. The van der Waals surface area contributed by atoms with E-state index in [-0.39, 0.29) is 5.41 Å². The van der Waals surface area contributed by atoms with E-state index in [0.29, 0.717) is 30.0 Å². The summed E-state index contributed by atoms with van der Waals surface area (Å²) in [5.41, 5.74) is 6.16. The highest BCUT2D eigenvalue weighted by atomic mass is 16.3. The lowest BCUT2D eigenvalue weighted by molar-refractivity contribution is -0.114. The van der Waals surface area contributed by atoms with Crippen LogP contribution in [0.1, 0.15) is 76.7 Å². The van der Waals surface area contributed by atoms with Crippen LogP contribution in [0.4, 0.5) is 5.69 Å². The molecular weight excluding hydrogens is 406 g/mol. The highest BCUT2D eigenvalue weighted by molar-refractivity contribution is 5.93. The minimum absolute atomic E-state index is 0.0924. The summed E-state index contributed by atoms with van der Waals surface area (Å²) in [6.07, 6.45) is 13.7. The second-order valence-corrected chi connectivity index (χ2v) is 11.0. The van der Waals surface area contributed by atoms with Gasteiger partial charge in [0.25, 0.3) is 0 Å². The van der Waals surface area contributed by atoms with Crippen LogP contribution in [0, 0.1) is 17.3 Å². The SMILES string of the molecule is CC=C[C@]1(O)CC[C@H]2[C@@H]3CCC4=CC(=O)CCC4=C3[C@@H](c3ccc(N(C)C)cc3)C[C@@]21CC. The van der Waals surface area contributed by atoms with Crippen molar-refractivity contribution in [3.05, 3.63) is 64.8 Å². The van der Waals surface area contributed by atoms with Crippen LogP contribution in [0.2, 0.25) is 0 Å². The van der Waals surface area contributed by atoms with Gasteiger partial charge in [0.2, 0.25) is 0 Å². The van der Waals surface area contributed by atoms with Gasteiger partial charge in [0.15, 0.2) is 5.78 Å². The van der Waals surface area contributed by atoms with Crippen molar-refractivity contribution in [3.63, 3.8) is 0 Å². The molecule has 0 unspecified atom stereocenters. The predicted octanol–water partition coefficient (Wildman–Crippen LogP) is 6.35. The Morgan fingerprint density at radius 1 is 1.12 bits per heavy atom. The number of anilines is 1. The first-order valence-corrected chi connectivity index (χ1v) is 12.9. The number of allylic oxidation sites excluding steroid dienone is 5. The van der Waals surface area contributed by atoms with Gasteiger partial charge >= 0.3 is 0 Å². The first kappa shape index (κ1) is 22.7. The molecule has 1 aromatic carbocycles. The molecule has 3 heteroatoms. The topological polar surface area (TPSA) is 40.5 Å². The average Bonchev–Trinajstić information content (AvgIpc) is 3.10. The standard InChI is InChI=1S/C30H39NO2/c1-5-16-30(33)17-15-27-25-13-9-21-18-23(32)12-14-24(21)28(25)26(19-29(27,30)6-2)20-7-10-22(11-8-20)31(3)4/h5,7-8,10-11,16,18,25-27,33H,6,9,12-15,17,19H2,1-4H3/t25-,26+,27-,29-,30-/m0/s1. The summed E-state index contributed by atoms with van der Waals surface area (Å²) in [6.45, 7) is 4.34. The second-order valence-electron chi connectivity index (χ2n) is 11.0. The van der Waals surface area contributed by atoms with Gasteiger partial charge in [0, 0.05) is 37.5 Å². The van der Waals surface area contributed by atoms with E-state index in [1.165, 1.54) is 22.4 Å². The van der Waals surface area contributed by atoms with E-state index >= 15 is 0 Å².